The zero-order valence-electron chi connectivity index (χ0n) is 18.9. The van der Waals surface area contributed by atoms with Crippen LogP contribution in [0.1, 0.15) is 49.8 Å². The van der Waals surface area contributed by atoms with E-state index in [0.717, 1.165) is 45.6 Å². The predicted molar refractivity (Wildman–Crippen MR) is 127 cm³/mol. The minimum Gasteiger partial charge on any atom is -0.457 e. The number of H-pyrrole nitrogens is 1. The SMILES string of the molecule is CC(C)c1ccc(Oc2cc3c(cc2-c2cn(C)c(=O)c4[nH]ccc24)C(C)(O)CC3)cc1. The minimum atomic E-state index is -0.876. The van der Waals surface area contributed by atoms with E-state index in [1.54, 1.807) is 17.8 Å². The van der Waals surface area contributed by atoms with Crippen LogP contribution < -0.4 is 10.3 Å². The molecule has 4 aromatic rings. The summed E-state index contributed by atoms with van der Waals surface area (Å²) in [5.41, 5.74) is 4.64. The molecule has 32 heavy (non-hydrogen) atoms. The van der Waals surface area contributed by atoms with Gasteiger partial charge in [-0.1, -0.05) is 26.0 Å². The van der Waals surface area contributed by atoms with Gasteiger partial charge in [0.15, 0.2) is 0 Å². The van der Waals surface area contributed by atoms with E-state index in [-0.39, 0.29) is 5.56 Å². The Bertz CT molecular complexity index is 1370. The zero-order valence-corrected chi connectivity index (χ0v) is 18.9. The Morgan fingerprint density at radius 3 is 2.59 bits per heavy atom. The number of fused-ring (bicyclic) bond motifs is 2. The fourth-order valence-corrected chi connectivity index (χ4v) is 4.67. The molecule has 0 radical (unpaired) electrons. The summed E-state index contributed by atoms with van der Waals surface area (Å²) in [5.74, 6) is 1.93. The highest BCUT2D eigenvalue weighted by Crippen LogP contribution is 2.45. The van der Waals surface area contributed by atoms with Gasteiger partial charge in [0.25, 0.3) is 5.56 Å². The van der Waals surface area contributed by atoms with Crippen LogP contribution in [-0.4, -0.2) is 14.7 Å². The number of ether oxygens (including phenoxy) is 1. The third kappa shape index (κ3) is 3.33. The first-order valence-electron chi connectivity index (χ1n) is 11.1. The molecule has 1 unspecified atom stereocenters. The molecule has 5 heteroatoms. The number of nitrogens with zero attached hydrogens (tertiary/aromatic N) is 1. The van der Waals surface area contributed by atoms with Crippen molar-refractivity contribution in [3.63, 3.8) is 0 Å². The van der Waals surface area contributed by atoms with E-state index in [4.69, 9.17) is 4.74 Å². The summed E-state index contributed by atoms with van der Waals surface area (Å²) >= 11 is 0. The van der Waals surface area contributed by atoms with E-state index < -0.39 is 5.60 Å². The number of nitrogens with one attached hydrogen (secondary N) is 1. The van der Waals surface area contributed by atoms with E-state index in [0.29, 0.717) is 17.9 Å². The number of aryl methyl sites for hydroxylation is 2. The topological polar surface area (TPSA) is 67.2 Å². The molecule has 0 spiro atoms. The lowest BCUT2D eigenvalue weighted by molar-refractivity contribution is 0.0595. The van der Waals surface area contributed by atoms with Gasteiger partial charge in [0.2, 0.25) is 0 Å². The average molecular weight is 429 g/mol. The summed E-state index contributed by atoms with van der Waals surface area (Å²) in [6.07, 6.45) is 5.11. The van der Waals surface area contributed by atoms with Crippen molar-refractivity contribution in [2.45, 2.75) is 45.1 Å². The molecular weight excluding hydrogens is 400 g/mol. The smallest absolute Gasteiger partial charge is 0.274 e. The molecule has 5 nitrogen and oxygen atoms in total. The van der Waals surface area contributed by atoms with Crippen LogP contribution in [0.25, 0.3) is 22.0 Å². The Labute approximate surface area is 187 Å². The highest BCUT2D eigenvalue weighted by atomic mass is 16.5. The quantitative estimate of drug-likeness (QED) is 0.444. The van der Waals surface area contributed by atoms with Crippen LogP contribution in [0.4, 0.5) is 0 Å². The van der Waals surface area contributed by atoms with Crippen LogP contribution in [0.2, 0.25) is 0 Å². The number of benzene rings is 2. The number of hydrogen-bond donors (Lipinski definition) is 2. The van der Waals surface area contributed by atoms with Crippen molar-refractivity contribution in [2.75, 3.05) is 0 Å². The van der Waals surface area contributed by atoms with Gasteiger partial charge >= 0.3 is 0 Å². The van der Waals surface area contributed by atoms with Crippen molar-refractivity contribution < 1.29 is 9.84 Å². The molecule has 2 aromatic heterocycles. The molecule has 2 N–H and O–H groups in total. The summed E-state index contributed by atoms with van der Waals surface area (Å²) in [7, 11) is 1.75. The summed E-state index contributed by atoms with van der Waals surface area (Å²) in [6, 6.07) is 14.2. The summed E-state index contributed by atoms with van der Waals surface area (Å²) in [6.45, 7) is 6.20. The van der Waals surface area contributed by atoms with Gasteiger partial charge in [0.1, 0.15) is 17.0 Å². The molecule has 0 bridgehead atoms. The molecular formula is C27H28N2O3. The molecule has 164 valence electrons. The van der Waals surface area contributed by atoms with Crippen molar-refractivity contribution in [2.24, 2.45) is 7.05 Å². The standard InChI is InChI=1S/C27H28N2O3/c1-16(2)17-5-7-19(8-6-17)32-24-13-18-9-11-27(3,31)23(18)14-21(24)22-15-29(4)26(30)25-20(22)10-12-28-25/h5-8,10,12-16,28,31H,9,11H2,1-4H3. The fourth-order valence-electron chi connectivity index (χ4n) is 4.67. The molecule has 0 amide bonds. The molecule has 0 saturated heterocycles. The van der Waals surface area contributed by atoms with Gasteiger partial charge < -0.3 is 19.4 Å². The van der Waals surface area contributed by atoms with Crippen LogP contribution >= 0.6 is 0 Å². The van der Waals surface area contributed by atoms with Gasteiger partial charge in [-0.2, -0.15) is 0 Å². The fraction of sp³-hybridized carbons (Fsp3) is 0.296. The molecule has 5 rings (SSSR count). The van der Waals surface area contributed by atoms with Crippen molar-refractivity contribution >= 4 is 10.9 Å². The first-order chi connectivity index (χ1) is 15.2. The maximum absolute atomic E-state index is 12.6. The summed E-state index contributed by atoms with van der Waals surface area (Å²) < 4.78 is 7.99. The molecule has 0 saturated carbocycles. The highest BCUT2D eigenvalue weighted by Gasteiger charge is 2.33. The average Bonchev–Trinajstić information content (AvgIpc) is 3.36. The molecule has 1 aliphatic rings. The molecule has 2 aromatic carbocycles. The van der Waals surface area contributed by atoms with Crippen LogP contribution in [-0.2, 0) is 19.1 Å². The van der Waals surface area contributed by atoms with Gasteiger partial charge in [0, 0.05) is 36.0 Å². The lowest BCUT2D eigenvalue weighted by Gasteiger charge is -2.21. The van der Waals surface area contributed by atoms with Crippen molar-refractivity contribution in [3.05, 3.63) is 81.9 Å². The van der Waals surface area contributed by atoms with E-state index in [2.05, 4.69) is 31.0 Å². The first kappa shape index (κ1) is 20.6. The molecule has 0 fully saturated rings. The Morgan fingerprint density at radius 1 is 1.12 bits per heavy atom. The second-order valence-corrected chi connectivity index (χ2v) is 9.33. The Kier molecular flexibility index (Phi) is 4.75. The van der Waals surface area contributed by atoms with E-state index in [1.165, 1.54) is 5.56 Å². The summed E-state index contributed by atoms with van der Waals surface area (Å²) in [4.78, 5) is 15.7. The van der Waals surface area contributed by atoms with Crippen molar-refractivity contribution in [3.8, 4) is 22.6 Å². The highest BCUT2D eigenvalue weighted by molar-refractivity contribution is 5.96. The van der Waals surface area contributed by atoms with E-state index >= 15 is 0 Å². The van der Waals surface area contributed by atoms with Gasteiger partial charge in [-0.05, 0) is 72.7 Å². The number of hydrogen-bond acceptors (Lipinski definition) is 3. The van der Waals surface area contributed by atoms with Crippen molar-refractivity contribution in [1.82, 2.24) is 9.55 Å². The minimum absolute atomic E-state index is 0.0753. The van der Waals surface area contributed by atoms with E-state index in [1.807, 2.05) is 43.5 Å². The lowest BCUT2D eigenvalue weighted by atomic mass is 9.93. The van der Waals surface area contributed by atoms with Gasteiger partial charge in [0.05, 0.1) is 5.60 Å². The Balaban J connectivity index is 1.70. The third-order valence-corrected chi connectivity index (χ3v) is 6.63. The second kappa shape index (κ2) is 7.38. The molecule has 0 aliphatic heterocycles. The lowest BCUT2D eigenvalue weighted by Crippen LogP contribution is -2.17. The number of aromatic amines is 1. The number of aliphatic hydroxyl groups is 1. The van der Waals surface area contributed by atoms with Gasteiger partial charge in [-0.15, -0.1) is 0 Å². The van der Waals surface area contributed by atoms with Crippen LogP contribution in [0.15, 0.2) is 59.7 Å². The number of aromatic nitrogens is 2. The number of rotatable bonds is 4. The number of pyridine rings is 1. The molecule has 2 heterocycles. The first-order valence-corrected chi connectivity index (χ1v) is 11.1. The van der Waals surface area contributed by atoms with Crippen LogP contribution in [0.5, 0.6) is 11.5 Å². The van der Waals surface area contributed by atoms with E-state index in [9.17, 15) is 9.90 Å². The van der Waals surface area contributed by atoms with Crippen molar-refractivity contribution in [1.29, 1.82) is 0 Å². The largest absolute Gasteiger partial charge is 0.457 e. The zero-order chi connectivity index (χ0) is 22.6. The molecule has 1 aliphatic carbocycles. The normalized spacial score (nSPS) is 17.8. The third-order valence-electron chi connectivity index (χ3n) is 6.63. The molecule has 1 atom stereocenters. The Hall–Kier alpha value is -3.31. The summed E-state index contributed by atoms with van der Waals surface area (Å²) in [5, 5.41) is 11.8. The predicted octanol–water partition coefficient (Wildman–Crippen LogP) is 5.60. The van der Waals surface area contributed by atoms with Crippen LogP contribution in [0, 0.1) is 0 Å². The van der Waals surface area contributed by atoms with Gasteiger partial charge in [-0.25, -0.2) is 0 Å². The second-order valence-electron chi connectivity index (χ2n) is 9.33. The van der Waals surface area contributed by atoms with Gasteiger partial charge in [-0.3, -0.25) is 4.79 Å². The maximum Gasteiger partial charge on any atom is 0.274 e. The monoisotopic (exact) mass is 428 g/mol. The maximum atomic E-state index is 12.6. The Morgan fingerprint density at radius 2 is 1.88 bits per heavy atom. The van der Waals surface area contributed by atoms with Crippen LogP contribution in [0.3, 0.4) is 0 Å².